The van der Waals surface area contributed by atoms with E-state index in [2.05, 4.69) is 9.97 Å². The van der Waals surface area contributed by atoms with Crippen LogP contribution in [0.4, 0.5) is 0 Å². The van der Waals surface area contributed by atoms with Crippen molar-refractivity contribution < 1.29 is 19.1 Å². The van der Waals surface area contributed by atoms with Crippen molar-refractivity contribution in [3.8, 4) is 23.0 Å². The van der Waals surface area contributed by atoms with E-state index in [1.165, 1.54) is 0 Å². The van der Waals surface area contributed by atoms with Gasteiger partial charge in [-0.1, -0.05) is 6.07 Å². The molecule has 0 bridgehead atoms. The Morgan fingerprint density at radius 3 is 2.69 bits per heavy atom. The second kappa shape index (κ2) is 9.58. The number of esters is 1. The molecule has 0 saturated carbocycles. The third-order valence-corrected chi connectivity index (χ3v) is 6.13. The van der Waals surface area contributed by atoms with Gasteiger partial charge in [-0.05, 0) is 62.2 Å². The maximum atomic E-state index is 12.3. The second-order valence-electron chi connectivity index (χ2n) is 8.42. The average molecular weight is 471 g/mol. The van der Waals surface area contributed by atoms with Gasteiger partial charge in [0, 0.05) is 31.3 Å². The molecule has 8 heteroatoms. The van der Waals surface area contributed by atoms with Crippen molar-refractivity contribution >= 4 is 22.9 Å². The van der Waals surface area contributed by atoms with Gasteiger partial charge in [0.25, 0.3) is 0 Å². The van der Waals surface area contributed by atoms with E-state index in [0.29, 0.717) is 36.0 Å². The maximum absolute atomic E-state index is 12.3. The van der Waals surface area contributed by atoms with Gasteiger partial charge in [-0.25, -0.2) is 9.78 Å². The molecule has 178 valence electrons. The van der Waals surface area contributed by atoms with Crippen LogP contribution >= 0.6 is 0 Å². The topological polar surface area (TPSA) is 97.4 Å². The lowest BCUT2D eigenvalue weighted by Crippen LogP contribution is -2.28. The molecule has 5 rings (SSSR count). The van der Waals surface area contributed by atoms with Crippen molar-refractivity contribution in [2.24, 2.45) is 0 Å². The minimum Gasteiger partial charge on any atom is -0.462 e. The summed E-state index contributed by atoms with van der Waals surface area (Å²) in [6.45, 7) is 4.40. The van der Waals surface area contributed by atoms with Crippen LogP contribution in [0.25, 0.3) is 22.6 Å². The standard InChI is InChI=1S/C27H26N4O4/c1-3-34-27(33)18-9-11-19(12-10-18)35-25-16-23-22(29-26(30-23)21-7-4-5-13-28-21)15-20(25)24-8-6-14-31(24)17(2)32/h4-5,7,9-13,15-16,24H,3,6,8,14H2,1-2H3,(H,29,30). The molecule has 1 unspecified atom stereocenters. The molecule has 0 aliphatic carbocycles. The highest BCUT2D eigenvalue weighted by Crippen LogP contribution is 2.41. The first-order valence-corrected chi connectivity index (χ1v) is 11.7. The zero-order valence-corrected chi connectivity index (χ0v) is 19.7. The van der Waals surface area contributed by atoms with E-state index in [4.69, 9.17) is 14.5 Å². The van der Waals surface area contributed by atoms with Gasteiger partial charge in [0.2, 0.25) is 5.91 Å². The van der Waals surface area contributed by atoms with Crippen molar-refractivity contribution in [3.63, 3.8) is 0 Å². The lowest BCUT2D eigenvalue weighted by molar-refractivity contribution is -0.129. The highest BCUT2D eigenvalue weighted by atomic mass is 16.5. The molecule has 1 N–H and O–H groups in total. The SMILES string of the molecule is CCOC(=O)c1ccc(Oc2cc3nc(-c4ccccn4)[nH]c3cc2C2CCCN2C(C)=O)cc1. The predicted molar refractivity (Wildman–Crippen MR) is 131 cm³/mol. The first-order chi connectivity index (χ1) is 17.0. The van der Waals surface area contributed by atoms with E-state index in [9.17, 15) is 9.59 Å². The third-order valence-electron chi connectivity index (χ3n) is 6.13. The number of benzene rings is 2. The molecule has 8 nitrogen and oxygen atoms in total. The van der Waals surface area contributed by atoms with Crippen LogP contribution in [0.1, 0.15) is 48.7 Å². The Kier molecular flexibility index (Phi) is 6.18. The molecule has 1 atom stereocenters. The van der Waals surface area contributed by atoms with Gasteiger partial charge in [0.1, 0.15) is 17.2 Å². The molecular weight excluding hydrogens is 444 g/mol. The number of hydrogen-bond donors (Lipinski definition) is 1. The summed E-state index contributed by atoms with van der Waals surface area (Å²) in [6, 6.07) is 16.3. The highest BCUT2D eigenvalue weighted by molar-refractivity contribution is 5.89. The van der Waals surface area contributed by atoms with Gasteiger partial charge in [-0.2, -0.15) is 0 Å². The summed E-state index contributed by atoms with van der Waals surface area (Å²) in [5.41, 5.74) is 3.70. The fourth-order valence-electron chi connectivity index (χ4n) is 4.49. The first kappa shape index (κ1) is 22.6. The number of likely N-dealkylation sites (tertiary alicyclic amines) is 1. The highest BCUT2D eigenvalue weighted by Gasteiger charge is 2.31. The van der Waals surface area contributed by atoms with Gasteiger partial charge in [-0.3, -0.25) is 9.78 Å². The zero-order valence-electron chi connectivity index (χ0n) is 19.7. The van der Waals surface area contributed by atoms with Crippen LogP contribution in [0.15, 0.2) is 60.8 Å². The predicted octanol–water partition coefficient (Wildman–Crippen LogP) is 5.28. The molecule has 2 aromatic carbocycles. The molecule has 1 aliphatic heterocycles. The number of H-pyrrole nitrogens is 1. The molecule has 1 amide bonds. The van der Waals surface area contributed by atoms with E-state index in [0.717, 1.165) is 35.1 Å². The second-order valence-corrected chi connectivity index (χ2v) is 8.42. The fourth-order valence-corrected chi connectivity index (χ4v) is 4.49. The Balaban J connectivity index is 1.55. The molecular formula is C27H26N4O4. The van der Waals surface area contributed by atoms with Crippen LogP contribution in [0.2, 0.25) is 0 Å². The minimum absolute atomic E-state index is 0.0381. The van der Waals surface area contributed by atoms with Crippen LogP contribution in [-0.2, 0) is 9.53 Å². The van der Waals surface area contributed by atoms with E-state index in [1.54, 1.807) is 44.3 Å². The van der Waals surface area contributed by atoms with E-state index in [1.807, 2.05) is 35.2 Å². The summed E-state index contributed by atoms with van der Waals surface area (Å²) < 4.78 is 11.4. The van der Waals surface area contributed by atoms with Crippen LogP contribution < -0.4 is 4.74 Å². The van der Waals surface area contributed by atoms with Gasteiger partial charge >= 0.3 is 5.97 Å². The average Bonchev–Trinajstić information content (AvgIpc) is 3.52. The summed E-state index contributed by atoms with van der Waals surface area (Å²) in [4.78, 5) is 38.7. The zero-order chi connectivity index (χ0) is 24.4. The van der Waals surface area contributed by atoms with Crippen LogP contribution in [0.3, 0.4) is 0 Å². The van der Waals surface area contributed by atoms with Gasteiger partial charge in [0.15, 0.2) is 5.82 Å². The van der Waals surface area contributed by atoms with Gasteiger partial charge in [0.05, 0.1) is 29.2 Å². The molecule has 1 saturated heterocycles. The quantitative estimate of drug-likeness (QED) is 0.385. The molecule has 0 spiro atoms. The number of aromatic amines is 1. The molecule has 1 fully saturated rings. The summed E-state index contributed by atoms with van der Waals surface area (Å²) in [5, 5.41) is 0. The molecule has 1 aliphatic rings. The smallest absolute Gasteiger partial charge is 0.338 e. The number of rotatable bonds is 6. The Bertz CT molecular complexity index is 1370. The van der Waals surface area contributed by atoms with Crippen molar-refractivity contribution in [3.05, 3.63) is 71.9 Å². The summed E-state index contributed by atoms with van der Waals surface area (Å²) >= 11 is 0. The Labute approximate surface area is 202 Å². The van der Waals surface area contributed by atoms with Crippen molar-refractivity contribution in [1.82, 2.24) is 19.9 Å². The number of aromatic nitrogens is 3. The lowest BCUT2D eigenvalue weighted by Gasteiger charge is -2.25. The normalized spacial score (nSPS) is 15.4. The molecule has 2 aromatic heterocycles. The number of imidazole rings is 1. The van der Waals surface area contributed by atoms with Gasteiger partial charge in [-0.15, -0.1) is 0 Å². The van der Waals surface area contributed by atoms with E-state index < -0.39 is 0 Å². The number of carbonyl (C=O) groups excluding carboxylic acids is 2. The Morgan fingerprint density at radius 1 is 1.14 bits per heavy atom. The van der Waals surface area contributed by atoms with Gasteiger partial charge < -0.3 is 19.4 Å². The summed E-state index contributed by atoms with van der Waals surface area (Å²) in [7, 11) is 0. The number of fused-ring (bicyclic) bond motifs is 1. The Hall–Kier alpha value is -4.20. The largest absolute Gasteiger partial charge is 0.462 e. The van der Waals surface area contributed by atoms with Crippen LogP contribution in [0.5, 0.6) is 11.5 Å². The van der Waals surface area contributed by atoms with Crippen molar-refractivity contribution in [1.29, 1.82) is 0 Å². The number of ether oxygens (including phenoxy) is 2. The molecule has 0 radical (unpaired) electrons. The lowest BCUT2D eigenvalue weighted by atomic mass is 10.0. The van der Waals surface area contributed by atoms with Crippen LogP contribution in [-0.4, -0.2) is 44.9 Å². The number of amides is 1. The summed E-state index contributed by atoms with van der Waals surface area (Å²) in [6.07, 6.45) is 3.51. The number of pyridine rings is 1. The van der Waals surface area contributed by atoms with Crippen molar-refractivity contribution in [2.75, 3.05) is 13.2 Å². The number of nitrogens with one attached hydrogen (secondary N) is 1. The number of carbonyl (C=O) groups is 2. The monoisotopic (exact) mass is 470 g/mol. The third kappa shape index (κ3) is 4.59. The molecule has 35 heavy (non-hydrogen) atoms. The molecule has 3 heterocycles. The maximum Gasteiger partial charge on any atom is 0.338 e. The first-order valence-electron chi connectivity index (χ1n) is 11.7. The molecule has 4 aromatic rings. The summed E-state index contributed by atoms with van der Waals surface area (Å²) in [5.74, 6) is 1.53. The van der Waals surface area contributed by atoms with E-state index in [-0.39, 0.29) is 17.9 Å². The Morgan fingerprint density at radius 2 is 1.97 bits per heavy atom. The fraction of sp³-hybridized carbons (Fsp3) is 0.259. The van der Waals surface area contributed by atoms with Crippen molar-refractivity contribution in [2.45, 2.75) is 32.7 Å². The minimum atomic E-state index is -0.372. The number of nitrogens with zero attached hydrogens (tertiary/aromatic N) is 3. The number of hydrogen-bond acceptors (Lipinski definition) is 6. The van der Waals surface area contributed by atoms with Crippen LogP contribution in [0, 0.1) is 0 Å². The van der Waals surface area contributed by atoms with E-state index >= 15 is 0 Å².